The summed E-state index contributed by atoms with van der Waals surface area (Å²) in [4.78, 5) is 0. The minimum atomic E-state index is -0.0150. The molecule has 2 rings (SSSR count). The lowest BCUT2D eigenvalue weighted by Gasteiger charge is -2.69. The molecule has 0 nitrogen and oxygen atoms in total. The highest BCUT2D eigenvalue weighted by Gasteiger charge is 2.53. The second-order valence-electron chi connectivity index (χ2n) is 4.73. The van der Waals surface area contributed by atoms with Gasteiger partial charge in [-0.1, -0.05) is 20.8 Å². The molecule has 1 heteroatoms. The molecule has 0 radical (unpaired) electrons. The molecule has 0 aromatic carbocycles. The first-order valence-electron chi connectivity index (χ1n) is 4.91. The molecule has 0 saturated carbocycles. The van der Waals surface area contributed by atoms with E-state index in [0.29, 0.717) is 0 Å². The van der Waals surface area contributed by atoms with Gasteiger partial charge in [0, 0.05) is 0 Å². The maximum atomic E-state index is 2.49. The van der Waals surface area contributed by atoms with Gasteiger partial charge < -0.3 is 0 Å². The predicted molar refractivity (Wildman–Crippen MR) is 54.6 cm³/mol. The van der Waals surface area contributed by atoms with Crippen molar-refractivity contribution >= 4 is 10.0 Å². The summed E-state index contributed by atoms with van der Waals surface area (Å²) in [6, 6.07) is 0. The maximum absolute atomic E-state index is 2.49. The van der Waals surface area contributed by atoms with E-state index >= 15 is 0 Å². The van der Waals surface area contributed by atoms with Crippen LogP contribution in [0, 0.1) is 5.92 Å². The second-order valence-corrected chi connectivity index (χ2v) is 8.96. The van der Waals surface area contributed by atoms with Gasteiger partial charge in [-0.05, 0) is 40.8 Å². The molecule has 0 aromatic heterocycles. The van der Waals surface area contributed by atoms with E-state index in [2.05, 4.69) is 20.8 Å². The summed E-state index contributed by atoms with van der Waals surface area (Å²) < 4.78 is 0. The van der Waals surface area contributed by atoms with Crippen LogP contribution in [-0.4, -0.2) is 22.0 Å². The van der Waals surface area contributed by atoms with E-state index in [4.69, 9.17) is 0 Å². The van der Waals surface area contributed by atoms with Crippen LogP contribution < -0.4 is 0 Å². The number of fused-ring (bicyclic) bond motifs is 1. The van der Waals surface area contributed by atoms with E-state index in [1.807, 2.05) is 0 Å². The molecule has 2 aliphatic heterocycles. The Kier molecular flexibility index (Phi) is 1.75. The van der Waals surface area contributed by atoms with Crippen LogP contribution in [0.25, 0.3) is 0 Å². The smallest absolute Gasteiger partial charge is 0.00920 e. The van der Waals surface area contributed by atoms with E-state index in [1.54, 1.807) is 24.3 Å². The summed E-state index contributed by atoms with van der Waals surface area (Å²) >= 11 is 0. The third-order valence-electron chi connectivity index (χ3n) is 3.52. The zero-order chi connectivity index (χ0) is 8.06. The first-order valence-corrected chi connectivity index (χ1v) is 7.01. The highest BCUT2D eigenvalue weighted by molar-refractivity contribution is 8.36. The zero-order valence-electron chi connectivity index (χ0n) is 7.97. The summed E-state index contributed by atoms with van der Waals surface area (Å²) in [6.07, 6.45) is 3.15. The normalized spacial score (nSPS) is 53.8. The molecule has 2 saturated heterocycles. The molecular weight excluding hydrogens is 152 g/mol. The Bertz CT molecular complexity index is 158. The number of hydrogen-bond acceptors (Lipinski definition) is 0. The summed E-state index contributed by atoms with van der Waals surface area (Å²) in [5.74, 6) is 4.16. The fourth-order valence-electron chi connectivity index (χ4n) is 2.87. The van der Waals surface area contributed by atoms with E-state index in [0.717, 1.165) is 11.2 Å². The minimum Gasteiger partial charge on any atom is -0.235 e. The van der Waals surface area contributed by atoms with Crippen molar-refractivity contribution < 1.29 is 0 Å². The van der Waals surface area contributed by atoms with Crippen LogP contribution in [0.1, 0.15) is 33.6 Å². The Morgan fingerprint density at radius 1 is 1.45 bits per heavy atom. The lowest BCUT2D eigenvalue weighted by Crippen LogP contribution is -2.52. The first kappa shape index (κ1) is 7.97. The summed E-state index contributed by atoms with van der Waals surface area (Å²) in [6.45, 7) is 7.28. The van der Waals surface area contributed by atoms with Gasteiger partial charge in [-0.2, -0.15) is 0 Å². The standard InChI is InChI=1S/C10H20S/c1-8(2)7-11-5-4-10(11)6-9(11)3/h8-10H,4-7H2,1-3H3. The average molecular weight is 172 g/mol. The second kappa shape index (κ2) is 2.42. The molecule has 0 bridgehead atoms. The quantitative estimate of drug-likeness (QED) is 0.600. The van der Waals surface area contributed by atoms with Crippen LogP contribution in [0.3, 0.4) is 0 Å². The van der Waals surface area contributed by atoms with Gasteiger partial charge in [0.05, 0.1) is 0 Å². The third kappa shape index (κ3) is 0.965. The molecule has 2 heterocycles. The van der Waals surface area contributed by atoms with E-state index in [-0.39, 0.29) is 10.0 Å². The van der Waals surface area contributed by atoms with Gasteiger partial charge in [0.25, 0.3) is 0 Å². The lowest BCUT2D eigenvalue weighted by atomic mass is 10.1. The van der Waals surface area contributed by atoms with Gasteiger partial charge in [-0.25, -0.2) is 10.0 Å². The molecule has 3 atom stereocenters. The Hall–Kier alpha value is 0.350. The molecule has 0 aliphatic carbocycles. The molecular formula is C10H20S. The van der Waals surface area contributed by atoms with Gasteiger partial charge in [-0.15, -0.1) is 0 Å². The van der Waals surface area contributed by atoms with Crippen LogP contribution in [0.15, 0.2) is 0 Å². The van der Waals surface area contributed by atoms with Crippen molar-refractivity contribution in [2.24, 2.45) is 5.92 Å². The van der Waals surface area contributed by atoms with Gasteiger partial charge in [0.15, 0.2) is 0 Å². The Morgan fingerprint density at radius 2 is 2.18 bits per heavy atom. The first-order chi connectivity index (χ1) is 5.15. The average Bonchev–Trinajstić information content (AvgIpc) is 1.93. The Labute approximate surface area is 72.1 Å². The molecule has 2 aliphatic rings. The van der Waals surface area contributed by atoms with E-state index < -0.39 is 0 Å². The van der Waals surface area contributed by atoms with Crippen molar-refractivity contribution in [2.75, 3.05) is 11.5 Å². The van der Waals surface area contributed by atoms with Crippen LogP contribution in [0.4, 0.5) is 0 Å². The number of hydrogen-bond donors (Lipinski definition) is 0. The molecule has 3 unspecified atom stereocenters. The SMILES string of the molecule is CC(C)CS12CCC1CC2C. The van der Waals surface area contributed by atoms with Gasteiger partial charge in [-0.3, -0.25) is 0 Å². The summed E-state index contributed by atoms with van der Waals surface area (Å²) in [7, 11) is -0.0150. The van der Waals surface area contributed by atoms with Crippen LogP contribution in [-0.2, 0) is 0 Å². The van der Waals surface area contributed by atoms with Crippen LogP contribution >= 0.6 is 10.0 Å². The molecule has 2 fully saturated rings. The van der Waals surface area contributed by atoms with E-state index in [1.165, 1.54) is 5.25 Å². The van der Waals surface area contributed by atoms with Crippen molar-refractivity contribution in [2.45, 2.75) is 44.1 Å². The van der Waals surface area contributed by atoms with Crippen molar-refractivity contribution in [1.29, 1.82) is 0 Å². The topological polar surface area (TPSA) is 0 Å². The molecule has 66 valence electrons. The highest BCUT2D eigenvalue weighted by Crippen LogP contribution is 2.76. The fourth-order valence-corrected chi connectivity index (χ4v) is 8.04. The molecule has 11 heavy (non-hydrogen) atoms. The summed E-state index contributed by atoms with van der Waals surface area (Å²) in [5.41, 5.74) is 0. The van der Waals surface area contributed by atoms with Crippen molar-refractivity contribution in [3.63, 3.8) is 0 Å². The highest BCUT2D eigenvalue weighted by atomic mass is 32.3. The number of rotatable bonds is 2. The predicted octanol–water partition coefficient (Wildman–Crippen LogP) is 3.01. The van der Waals surface area contributed by atoms with E-state index in [9.17, 15) is 0 Å². The van der Waals surface area contributed by atoms with Crippen molar-refractivity contribution in [1.82, 2.24) is 0 Å². The largest absolute Gasteiger partial charge is 0.235 e. The van der Waals surface area contributed by atoms with Gasteiger partial charge in [0.1, 0.15) is 0 Å². The fraction of sp³-hybridized carbons (Fsp3) is 1.00. The molecule has 0 N–H and O–H groups in total. The molecule has 0 amide bonds. The van der Waals surface area contributed by atoms with Gasteiger partial charge in [0.2, 0.25) is 0 Å². The Balaban J connectivity index is 1.98. The monoisotopic (exact) mass is 172 g/mol. The summed E-state index contributed by atoms with van der Waals surface area (Å²) in [5, 5.41) is 2.35. The van der Waals surface area contributed by atoms with Crippen molar-refractivity contribution in [3.8, 4) is 0 Å². The third-order valence-corrected chi connectivity index (χ3v) is 9.36. The zero-order valence-corrected chi connectivity index (χ0v) is 8.79. The molecule has 0 spiro atoms. The van der Waals surface area contributed by atoms with Gasteiger partial charge >= 0.3 is 0 Å². The van der Waals surface area contributed by atoms with Crippen LogP contribution in [0.2, 0.25) is 0 Å². The van der Waals surface area contributed by atoms with Crippen molar-refractivity contribution in [3.05, 3.63) is 0 Å². The lowest BCUT2D eigenvalue weighted by molar-refractivity contribution is 0.579. The maximum Gasteiger partial charge on any atom is -0.00920 e. The van der Waals surface area contributed by atoms with Crippen LogP contribution in [0.5, 0.6) is 0 Å². The molecule has 0 aromatic rings. The Morgan fingerprint density at radius 3 is 2.36 bits per heavy atom. The minimum absolute atomic E-state index is 0.0150.